The van der Waals surface area contributed by atoms with E-state index in [4.69, 9.17) is 4.55 Å². The largest absolute Gasteiger partial charge is 0.422 e. The van der Waals surface area contributed by atoms with Crippen LogP contribution in [0.15, 0.2) is 34.7 Å². The smallest absolute Gasteiger partial charge is 0.282 e. The van der Waals surface area contributed by atoms with Crippen molar-refractivity contribution in [2.75, 3.05) is 0 Å². The monoisotopic (exact) mass is 352 g/mol. The van der Waals surface area contributed by atoms with E-state index in [1.807, 2.05) is 0 Å². The van der Waals surface area contributed by atoms with E-state index in [0.717, 1.165) is 24.3 Å². The van der Waals surface area contributed by atoms with Crippen LogP contribution in [0.3, 0.4) is 0 Å². The maximum Gasteiger partial charge on any atom is 0.422 e. The number of allylic oxidation sites excluding steroid dienone is 2. The molecule has 0 bridgehead atoms. The molecule has 1 aromatic rings. The molecule has 0 aliphatic heterocycles. The van der Waals surface area contributed by atoms with E-state index in [9.17, 15) is 39.2 Å². The molecule has 0 radical (unpaired) electrons. The van der Waals surface area contributed by atoms with Gasteiger partial charge in [-0.15, -0.1) is 0 Å². The molecule has 0 aliphatic rings. The van der Waals surface area contributed by atoms with Gasteiger partial charge in [0.05, 0.1) is 4.91 Å². The third-order valence-electron chi connectivity index (χ3n) is 2.44. The van der Waals surface area contributed by atoms with Crippen LogP contribution in [0.5, 0.6) is 0 Å². The van der Waals surface area contributed by atoms with Crippen LogP contribution >= 0.6 is 0 Å². The zero-order valence-corrected chi connectivity index (χ0v) is 11.2. The summed E-state index contributed by atoms with van der Waals surface area (Å²) in [5, 5.41) is 0. The minimum absolute atomic E-state index is 0.361. The molecule has 0 atom stereocenters. The van der Waals surface area contributed by atoms with Gasteiger partial charge in [-0.1, -0.05) is 12.1 Å². The van der Waals surface area contributed by atoms with Crippen molar-refractivity contribution >= 4 is 10.1 Å². The molecule has 1 aromatic carbocycles. The fourth-order valence-electron chi connectivity index (χ4n) is 1.57. The fourth-order valence-corrected chi connectivity index (χ4v) is 2.41. The maximum absolute atomic E-state index is 12.7. The van der Waals surface area contributed by atoms with Crippen molar-refractivity contribution in [3.63, 3.8) is 0 Å². The molecular weight excluding hydrogens is 345 g/mol. The summed E-state index contributed by atoms with van der Waals surface area (Å²) >= 11 is 0. The Bertz CT molecular complexity index is 653. The van der Waals surface area contributed by atoms with Gasteiger partial charge in [-0.25, -0.2) is 4.39 Å². The number of hydrogen-bond donors (Lipinski definition) is 1. The van der Waals surface area contributed by atoms with Crippen LogP contribution in [-0.2, 0) is 16.5 Å². The average Bonchev–Trinajstić information content (AvgIpc) is 2.26. The molecule has 22 heavy (non-hydrogen) atoms. The van der Waals surface area contributed by atoms with Crippen LogP contribution in [0.25, 0.3) is 0 Å². The van der Waals surface area contributed by atoms with Gasteiger partial charge in [-0.05, 0) is 17.7 Å². The average molecular weight is 352 g/mol. The highest BCUT2D eigenvalue weighted by atomic mass is 32.2. The Morgan fingerprint density at radius 1 is 0.955 bits per heavy atom. The molecule has 0 aliphatic carbocycles. The van der Waals surface area contributed by atoms with Crippen molar-refractivity contribution in [3.05, 3.63) is 46.1 Å². The van der Waals surface area contributed by atoms with Crippen molar-refractivity contribution < 1.29 is 43.7 Å². The van der Waals surface area contributed by atoms with E-state index in [1.165, 1.54) is 0 Å². The molecule has 0 aromatic heterocycles. The fraction of sp³-hybridized carbons (Fsp3) is 0.273. The highest BCUT2D eigenvalue weighted by Crippen LogP contribution is 2.42. The Morgan fingerprint density at radius 3 is 1.68 bits per heavy atom. The summed E-state index contributed by atoms with van der Waals surface area (Å²) < 4.78 is 119. The predicted molar refractivity (Wildman–Crippen MR) is 60.8 cm³/mol. The molecule has 1 N–H and O–H groups in total. The van der Waals surface area contributed by atoms with Crippen molar-refractivity contribution in [1.82, 2.24) is 0 Å². The predicted octanol–water partition coefficient (Wildman–Crippen LogP) is 3.63. The SMILES string of the molecule is O=S(=O)(O)C(Cc1ccc(F)cc1)=C(C(F)(F)F)C(F)(F)F. The Balaban J connectivity index is 3.57. The second kappa shape index (κ2) is 5.88. The van der Waals surface area contributed by atoms with Gasteiger partial charge in [0, 0.05) is 6.42 Å². The number of alkyl halides is 6. The standard InChI is InChI=1S/C11H7F7O3S/c12-7-3-1-6(2-4-7)5-8(22(19,20)21)9(10(13,14)15)11(16,17)18/h1-4H,5H2,(H,19,20,21). The van der Waals surface area contributed by atoms with Crippen LogP contribution in [-0.4, -0.2) is 25.3 Å². The van der Waals surface area contributed by atoms with E-state index < -0.39 is 45.2 Å². The van der Waals surface area contributed by atoms with Gasteiger partial charge in [-0.2, -0.15) is 34.8 Å². The first-order chi connectivity index (χ1) is 9.73. The van der Waals surface area contributed by atoms with Gasteiger partial charge in [0.15, 0.2) is 5.57 Å². The Kier molecular flexibility index (Phi) is 4.92. The Morgan fingerprint density at radius 2 is 1.36 bits per heavy atom. The molecule has 1 rings (SSSR count). The summed E-state index contributed by atoms with van der Waals surface area (Å²) in [4.78, 5) is -2.25. The summed E-state index contributed by atoms with van der Waals surface area (Å²) in [6, 6.07) is 3.03. The number of benzene rings is 1. The summed E-state index contributed by atoms with van der Waals surface area (Å²) in [5.74, 6) is -0.826. The van der Waals surface area contributed by atoms with Gasteiger partial charge in [-0.3, -0.25) is 4.55 Å². The first kappa shape index (κ1) is 18.4. The molecule has 0 saturated heterocycles. The molecule has 11 heteroatoms. The summed E-state index contributed by atoms with van der Waals surface area (Å²) in [6.45, 7) is 0. The normalized spacial score (nSPS) is 13.1. The van der Waals surface area contributed by atoms with E-state index >= 15 is 0 Å². The third-order valence-corrected chi connectivity index (χ3v) is 3.41. The molecule has 0 saturated carbocycles. The van der Waals surface area contributed by atoms with Crippen LogP contribution in [0.1, 0.15) is 5.56 Å². The number of halogens is 7. The molecular formula is C11H7F7O3S. The van der Waals surface area contributed by atoms with Crippen LogP contribution < -0.4 is 0 Å². The van der Waals surface area contributed by atoms with Gasteiger partial charge in [0.25, 0.3) is 10.1 Å². The first-order valence-electron chi connectivity index (χ1n) is 5.32. The second-order valence-corrected chi connectivity index (χ2v) is 5.51. The zero-order valence-electron chi connectivity index (χ0n) is 10.3. The second-order valence-electron chi connectivity index (χ2n) is 4.07. The van der Waals surface area contributed by atoms with Gasteiger partial charge in [0.1, 0.15) is 5.82 Å². The summed E-state index contributed by atoms with van der Waals surface area (Å²) in [7, 11) is -5.79. The van der Waals surface area contributed by atoms with Crippen molar-refractivity contribution in [2.24, 2.45) is 0 Å². The maximum atomic E-state index is 12.7. The van der Waals surface area contributed by atoms with Crippen molar-refractivity contribution in [2.45, 2.75) is 18.8 Å². The summed E-state index contributed by atoms with van der Waals surface area (Å²) in [5.41, 5.74) is -3.69. The lowest BCUT2D eigenvalue weighted by molar-refractivity contribution is -0.172. The lowest BCUT2D eigenvalue weighted by Crippen LogP contribution is -2.30. The Hall–Kier alpha value is -1.62. The lowest BCUT2D eigenvalue weighted by Gasteiger charge is -2.18. The zero-order chi connectivity index (χ0) is 17.3. The van der Waals surface area contributed by atoms with E-state index in [-0.39, 0.29) is 5.56 Å². The molecule has 0 amide bonds. The topological polar surface area (TPSA) is 54.4 Å². The first-order valence-corrected chi connectivity index (χ1v) is 6.76. The number of rotatable bonds is 3. The van der Waals surface area contributed by atoms with Crippen LogP contribution in [0, 0.1) is 5.82 Å². The van der Waals surface area contributed by atoms with Gasteiger partial charge >= 0.3 is 12.4 Å². The van der Waals surface area contributed by atoms with Crippen LogP contribution in [0.4, 0.5) is 30.7 Å². The van der Waals surface area contributed by atoms with Gasteiger partial charge < -0.3 is 0 Å². The van der Waals surface area contributed by atoms with Crippen molar-refractivity contribution in [1.29, 1.82) is 0 Å². The van der Waals surface area contributed by atoms with E-state index in [1.54, 1.807) is 0 Å². The van der Waals surface area contributed by atoms with E-state index in [2.05, 4.69) is 0 Å². The highest BCUT2D eigenvalue weighted by molar-refractivity contribution is 7.89. The molecule has 0 unspecified atom stereocenters. The lowest BCUT2D eigenvalue weighted by atomic mass is 10.1. The number of hydrogen-bond acceptors (Lipinski definition) is 2. The molecule has 0 fully saturated rings. The third kappa shape index (κ3) is 4.70. The minimum atomic E-state index is -6.05. The Labute approximate surface area is 119 Å². The molecule has 0 heterocycles. The molecule has 3 nitrogen and oxygen atoms in total. The van der Waals surface area contributed by atoms with Gasteiger partial charge in [0.2, 0.25) is 0 Å². The van der Waals surface area contributed by atoms with Crippen LogP contribution in [0.2, 0.25) is 0 Å². The molecule has 124 valence electrons. The summed E-state index contributed by atoms with van der Waals surface area (Å²) in [6.07, 6.45) is -13.5. The minimum Gasteiger partial charge on any atom is -0.282 e. The quantitative estimate of drug-likeness (QED) is 0.668. The molecule has 0 spiro atoms. The highest BCUT2D eigenvalue weighted by Gasteiger charge is 2.54. The van der Waals surface area contributed by atoms with E-state index in [0.29, 0.717) is 0 Å². The van der Waals surface area contributed by atoms with Crippen molar-refractivity contribution in [3.8, 4) is 0 Å².